The molecule has 0 aromatic rings. The topological polar surface area (TPSA) is 26.0 Å². The number of thioether (sulfide) groups is 2. The second kappa shape index (κ2) is 5.80. The SMILES string of the molecule is C#CCCC(N)C1CSCCS1. The zero-order valence-corrected chi connectivity index (χ0v) is 8.79. The molecule has 0 aromatic carbocycles. The van der Waals surface area contributed by atoms with E-state index in [1.54, 1.807) is 0 Å². The average Bonchev–Trinajstić information content (AvgIpc) is 2.15. The van der Waals surface area contributed by atoms with Crippen molar-refractivity contribution < 1.29 is 0 Å². The third-order valence-electron chi connectivity index (χ3n) is 1.94. The van der Waals surface area contributed by atoms with Crippen LogP contribution in [0, 0.1) is 12.3 Å². The highest BCUT2D eigenvalue weighted by atomic mass is 32.2. The Bertz CT molecular complexity index is 158. The van der Waals surface area contributed by atoms with Crippen LogP contribution < -0.4 is 5.73 Å². The zero-order valence-electron chi connectivity index (χ0n) is 7.16. The van der Waals surface area contributed by atoms with Crippen LogP contribution >= 0.6 is 23.5 Å². The van der Waals surface area contributed by atoms with Gasteiger partial charge in [-0.2, -0.15) is 23.5 Å². The Kier molecular flexibility index (Phi) is 4.98. The van der Waals surface area contributed by atoms with Gasteiger partial charge in [-0.05, 0) is 6.42 Å². The number of hydrogen-bond donors (Lipinski definition) is 1. The van der Waals surface area contributed by atoms with E-state index in [4.69, 9.17) is 12.2 Å². The van der Waals surface area contributed by atoms with Crippen LogP contribution in [0.25, 0.3) is 0 Å². The molecule has 2 N–H and O–H groups in total. The molecule has 0 amide bonds. The van der Waals surface area contributed by atoms with Crippen LogP contribution in [-0.2, 0) is 0 Å². The molecule has 3 heteroatoms. The molecule has 0 radical (unpaired) electrons. The first kappa shape index (κ1) is 10.3. The molecule has 1 heterocycles. The largest absolute Gasteiger partial charge is 0.327 e. The molecular formula is C9H15NS2. The highest BCUT2D eigenvalue weighted by molar-refractivity contribution is 8.06. The molecule has 2 unspecified atom stereocenters. The maximum Gasteiger partial charge on any atom is 0.0290 e. The van der Waals surface area contributed by atoms with Crippen molar-refractivity contribution in [3.63, 3.8) is 0 Å². The monoisotopic (exact) mass is 201 g/mol. The smallest absolute Gasteiger partial charge is 0.0290 e. The number of rotatable bonds is 3. The summed E-state index contributed by atoms with van der Waals surface area (Å²) in [5.41, 5.74) is 6.00. The first-order valence-electron chi connectivity index (χ1n) is 4.23. The molecule has 0 aliphatic carbocycles. The van der Waals surface area contributed by atoms with Gasteiger partial charge in [0.25, 0.3) is 0 Å². The summed E-state index contributed by atoms with van der Waals surface area (Å²) in [6.45, 7) is 0. The summed E-state index contributed by atoms with van der Waals surface area (Å²) in [5.74, 6) is 6.38. The van der Waals surface area contributed by atoms with Crippen LogP contribution in [0.4, 0.5) is 0 Å². The Morgan fingerprint density at radius 2 is 2.42 bits per heavy atom. The van der Waals surface area contributed by atoms with Gasteiger partial charge < -0.3 is 5.73 Å². The third-order valence-corrected chi connectivity index (χ3v) is 4.88. The lowest BCUT2D eigenvalue weighted by Gasteiger charge is -2.26. The standard InChI is InChI=1S/C9H15NS2/c1-2-3-4-8(10)9-7-11-5-6-12-9/h1,8-9H,3-7,10H2. The van der Waals surface area contributed by atoms with E-state index in [-0.39, 0.29) is 0 Å². The van der Waals surface area contributed by atoms with Crippen molar-refractivity contribution in [2.45, 2.75) is 24.1 Å². The first-order chi connectivity index (χ1) is 5.84. The van der Waals surface area contributed by atoms with Gasteiger partial charge in [-0.1, -0.05) is 0 Å². The van der Waals surface area contributed by atoms with Crippen LogP contribution in [0.3, 0.4) is 0 Å². The molecule has 0 spiro atoms. The number of terminal acetylenes is 1. The molecular weight excluding hydrogens is 186 g/mol. The van der Waals surface area contributed by atoms with E-state index in [0.29, 0.717) is 11.3 Å². The fraction of sp³-hybridized carbons (Fsp3) is 0.778. The Morgan fingerprint density at radius 3 is 3.00 bits per heavy atom. The molecule has 1 fully saturated rings. The van der Waals surface area contributed by atoms with Crippen molar-refractivity contribution >= 4 is 23.5 Å². The van der Waals surface area contributed by atoms with Crippen LogP contribution in [0.15, 0.2) is 0 Å². The van der Waals surface area contributed by atoms with E-state index in [1.165, 1.54) is 17.3 Å². The molecule has 0 saturated carbocycles. The molecule has 0 bridgehead atoms. The Morgan fingerprint density at radius 1 is 1.58 bits per heavy atom. The Labute approximate surface area is 83.2 Å². The third kappa shape index (κ3) is 3.30. The maximum absolute atomic E-state index is 6.00. The second-order valence-electron chi connectivity index (χ2n) is 2.89. The van der Waals surface area contributed by atoms with Gasteiger partial charge in [0.15, 0.2) is 0 Å². The number of nitrogens with two attached hydrogens (primary N) is 1. The van der Waals surface area contributed by atoms with Gasteiger partial charge in [0.2, 0.25) is 0 Å². The number of hydrogen-bond acceptors (Lipinski definition) is 3. The molecule has 1 aliphatic rings. The van der Waals surface area contributed by atoms with Gasteiger partial charge in [-0.25, -0.2) is 0 Å². The lowest BCUT2D eigenvalue weighted by atomic mass is 10.1. The maximum atomic E-state index is 6.00. The molecule has 2 atom stereocenters. The zero-order chi connectivity index (χ0) is 8.81. The van der Waals surface area contributed by atoms with Crippen molar-refractivity contribution in [2.75, 3.05) is 17.3 Å². The predicted molar refractivity (Wildman–Crippen MR) is 59.6 cm³/mol. The quantitative estimate of drug-likeness (QED) is 0.702. The summed E-state index contributed by atoms with van der Waals surface area (Å²) in [7, 11) is 0. The minimum absolute atomic E-state index is 0.304. The summed E-state index contributed by atoms with van der Waals surface area (Å²) in [6.07, 6.45) is 6.99. The lowest BCUT2D eigenvalue weighted by molar-refractivity contribution is 0.623. The summed E-state index contributed by atoms with van der Waals surface area (Å²) in [5, 5.41) is 0.636. The molecule has 68 valence electrons. The van der Waals surface area contributed by atoms with Gasteiger partial charge in [0.1, 0.15) is 0 Å². The van der Waals surface area contributed by atoms with E-state index in [1.807, 2.05) is 23.5 Å². The van der Waals surface area contributed by atoms with E-state index >= 15 is 0 Å². The van der Waals surface area contributed by atoms with Gasteiger partial charge in [-0.15, -0.1) is 12.3 Å². The van der Waals surface area contributed by atoms with Crippen molar-refractivity contribution in [2.24, 2.45) is 5.73 Å². The molecule has 1 aliphatic heterocycles. The summed E-state index contributed by atoms with van der Waals surface area (Å²) in [4.78, 5) is 0. The molecule has 1 rings (SSSR count). The average molecular weight is 201 g/mol. The first-order valence-corrected chi connectivity index (χ1v) is 6.43. The van der Waals surface area contributed by atoms with Crippen molar-refractivity contribution in [3.8, 4) is 12.3 Å². The minimum Gasteiger partial charge on any atom is -0.327 e. The van der Waals surface area contributed by atoms with Crippen LogP contribution in [0.2, 0.25) is 0 Å². The van der Waals surface area contributed by atoms with Crippen molar-refractivity contribution in [3.05, 3.63) is 0 Å². The molecule has 1 nitrogen and oxygen atoms in total. The van der Waals surface area contributed by atoms with Crippen molar-refractivity contribution in [1.29, 1.82) is 0 Å². The molecule has 0 aromatic heterocycles. The van der Waals surface area contributed by atoms with Gasteiger partial charge >= 0.3 is 0 Å². The second-order valence-corrected chi connectivity index (χ2v) is 5.39. The van der Waals surface area contributed by atoms with E-state index < -0.39 is 0 Å². The van der Waals surface area contributed by atoms with Crippen LogP contribution in [-0.4, -0.2) is 28.6 Å². The lowest BCUT2D eigenvalue weighted by Crippen LogP contribution is -2.36. The van der Waals surface area contributed by atoms with Crippen LogP contribution in [0.5, 0.6) is 0 Å². The summed E-state index contributed by atoms with van der Waals surface area (Å²) < 4.78 is 0. The van der Waals surface area contributed by atoms with Gasteiger partial charge in [-0.3, -0.25) is 0 Å². The fourth-order valence-electron chi connectivity index (χ4n) is 1.19. The highest BCUT2D eigenvalue weighted by Gasteiger charge is 2.20. The van der Waals surface area contributed by atoms with Crippen LogP contribution in [0.1, 0.15) is 12.8 Å². The van der Waals surface area contributed by atoms with Gasteiger partial charge in [0.05, 0.1) is 0 Å². The molecule has 1 saturated heterocycles. The Balaban J connectivity index is 2.21. The molecule has 12 heavy (non-hydrogen) atoms. The predicted octanol–water partition coefficient (Wildman–Crippen LogP) is 1.58. The fourth-order valence-corrected chi connectivity index (χ4v) is 4.05. The van der Waals surface area contributed by atoms with E-state index in [2.05, 4.69) is 5.92 Å². The highest BCUT2D eigenvalue weighted by Crippen LogP contribution is 2.26. The minimum atomic E-state index is 0.304. The summed E-state index contributed by atoms with van der Waals surface area (Å²) in [6, 6.07) is 0.304. The summed E-state index contributed by atoms with van der Waals surface area (Å²) >= 11 is 4.02. The Hall–Kier alpha value is 0.220. The van der Waals surface area contributed by atoms with Gasteiger partial charge in [0, 0.05) is 35.0 Å². The van der Waals surface area contributed by atoms with E-state index in [0.717, 1.165) is 12.8 Å². The van der Waals surface area contributed by atoms with E-state index in [9.17, 15) is 0 Å². The van der Waals surface area contributed by atoms with Crippen molar-refractivity contribution in [1.82, 2.24) is 0 Å². The normalized spacial score (nSPS) is 26.2.